The number of H-pyrrole nitrogens is 1. The second-order valence-corrected chi connectivity index (χ2v) is 6.59. The average molecular weight is 411 g/mol. The van der Waals surface area contributed by atoms with E-state index in [0.717, 1.165) is 23.2 Å². The quantitative estimate of drug-likeness (QED) is 0.322. The van der Waals surface area contributed by atoms with Crippen LogP contribution in [0.4, 0.5) is 15.9 Å². The predicted octanol–water partition coefficient (Wildman–Crippen LogP) is 3.07. The van der Waals surface area contributed by atoms with Gasteiger partial charge in [0.1, 0.15) is 24.4 Å². The zero-order valence-corrected chi connectivity index (χ0v) is 16.7. The van der Waals surface area contributed by atoms with E-state index in [9.17, 15) is 4.39 Å². The van der Waals surface area contributed by atoms with E-state index < -0.39 is 5.95 Å². The summed E-state index contributed by atoms with van der Waals surface area (Å²) in [5.41, 5.74) is 2.66. The molecule has 0 aliphatic heterocycles. The maximum atomic E-state index is 14.7. The summed E-state index contributed by atoms with van der Waals surface area (Å²) in [6.07, 6.45) is 7.04. The summed E-state index contributed by atoms with van der Waals surface area (Å²) in [6, 6.07) is 3.45. The molecule has 0 fully saturated rings. The van der Waals surface area contributed by atoms with Gasteiger partial charge < -0.3 is 19.8 Å². The molecule has 0 saturated carbocycles. The summed E-state index contributed by atoms with van der Waals surface area (Å²) in [5, 5.41) is 7.97. The topological polar surface area (TPSA) is 103 Å². The van der Waals surface area contributed by atoms with Crippen molar-refractivity contribution < 1.29 is 13.9 Å². The molecular weight excluding hydrogens is 389 g/mol. The molecule has 30 heavy (non-hydrogen) atoms. The molecule has 4 aromatic heterocycles. The summed E-state index contributed by atoms with van der Waals surface area (Å²) in [5.74, 6) is 0.307. The molecule has 0 atom stereocenters. The van der Waals surface area contributed by atoms with Gasteiger partial charge in [0.2, 0.25) is 11.8 Å². The molecule has 156 valence electrons. The van der Waals surface area contributed by atoms with Crippen molar-refractivity contribution in [3.05, 3.63) is 54.1 Å². The number of rotatable bonds is 9. The maximum Gasteiger partial charge on any atom is 0.226 e. The Hall–Kier alpha value is -3.53. The highest BCUT2D eigenvalue weighted by molar-refractivity contribution is 5.85. The molecular formula is C20H22FN7O2. The Labute approximate surface area is 172 Å². The first-order valence-corrected chi connectivity index (χ1v) is 9.55. The van der Waals surface area contributed by atoms with Crippen molar-refractivity contribution in [1.29, 1.82) is 0 Å². The Morgan fingerprint density at radius 3 is 2.87 bits per heavy atom. The molecule has 4 rings (SSSR count). The number of methoxy groups -OCH3 is 1. The van der Waals surface area contributed by atoms with Crippen LogP contribution in [0.1, 0.15) is 18.1 Å². The molecule has 10 heteroatoms. The van der Waals surface area contributed by atoms with Gasteiger partial charge in [0.05, 0.1) is 23.9 Å². The lowest BCUT2D eigenvalue weighted by Gasteiger charge is -2.08. The van der Waals surface area contributed by atoms with Gasteiger partial charge in [-0.25, -0.2) is 15.0 Å². The summed E-state index contributed by atoms with van der Waals surface area (Å²) < 4.78 is 27.2. The van der Waals surface area contributed by atoms with Crippen molar-refractivity contribution in [3.63, 3.8) is 0 Å². The fourth-order valence-electron chi connectivity index (χ4n) is 3.09. The monoisotopic (exact) mass is 411 g/mol. The zero-order chi connectivity index (χ0) is 20.9. The number of hydrogen-bond donors (Lipinski definition) is 2. The van der Waals surface area contributed by atoms with Crippen LogP contribution in [0, 0.1) is 5.95 Å². The molecule has 4 aromatic rings. The van der Waals surface area contributed by atoms with Crippen LogP contribution in [0.2, 0.25) is 0 Å². The third-order valence-corrected chi connectivity index (χ3v) is 4.58. The molecule has 0 saturated heterocycles. The van der Waals surface area contributed by atoms with Crippen LogP contribution >= 0.6 is 0 Å². The Kier molecular flexibility index (Phi) is 5.84. The van der Waals surface area contributed by atoms with Crippen molar-refractivity contribution in [1.82, 2.24) is 29.7 Å². The molecule has 2 N–H and O–H groups in total. The number of fused-ring (bicyclic) bond motifs is 1. The van der Waals surface area contributed by atoms with Crippen molar-refractivity contribution in [2.75, 3.05) is 25.6 Å². The largest absolute Gasteiger partial charge is 0.475 e. The number of aromatic nitrogens is 6. The molecule has 0 aliphatic carbocycles. The van der Waals surface area contributed by atoms with Crippen LogP contribution < -0.4 is 10.1 Å². The third kappa shape index (κ3) is 4.23. The van der Waals surface area contributed by atoms with Gasteiger partial charge in [0.15, 0.2) is 0 Å². The van der Waals surface area contributed by atoms with Gasteiger partial charge in [-0.05, 0) is 18.6 Å². The van der Waals surface area contributed by atoms with E-state index in [-0.39, 0.29) is 0 Å². The number of pyridine rings is 1. The number of nitrogens with one attached hydrogen (secondary N) is 2. The number of aromatic amines is 1. The SMILES string of the molecule is CCn1cc(Nc2ccc(Cc3c[nH]c4ncnc(OCCOC)c34)c(F)n2)cn1. The van der Waals surface area contributed by atoms with E-state index in [0.29, 0.717) is 42.5 Å². The molecule has 0 radical (unpaired) electrons. The maximum absolute atomic E-state index is 14.7. The summed E-state index contributed by atoms with van der Waals surface area (Å²) in [6.45, 7) is 3.55. The smallest absolute Gasteiger partial charge is 0.226 e. The molecule has 9 nitrogen and oxygen atoms in total. The van der Waals surface area contributed by atoms with Crippen LogP contribution in [-0.2, 0) is 17.7 Å². The first-order valence-electron chi connectivity index (χ1n) is 9.55. The Morgan fingerprint density at radius 2 is 2.10 bits per heavy atom. The van der Waals surface area contributed by atoms with E-state index in [2.05, 4.69) is 30.4 Å². The first kappa shape index (κ1) is 19.8. The Balaban J connectivity index is 1.54. The average Bonchev–Trinajstić information content (AvgIpc) is 3.37. The first-order chi connectivity index (χ1) is 14.7. The molecule has 4 heterocycles. The van der Waals surface area contributed by atoms with E-state index in [1.807, 2.05) is 13.1 Å². The van der Waals surface area contributed by atoms with Crippen LogP contribution in [0.25, 0.3) is 11.0 Å². The normalized spacial score (nSPS) is 11.2. The Bertz CT molecular complexity index is 1140. The van der Waals surface area contributed by atoms with E-state index in [1.54, 1.807) is 36.3 Å². The Morgan fingerprint density at radius 1 is 1.20 bits per heavy atom. The van der Waals surface area contributed by atoms with Crippen molar-refractivity contribution in [2.24, 2.45) is 0 Å². The fourth-order valence-corrected chi connectivity index (χ4v) is 3.09. The lowest BCUT2D eigenvalue weighted by atomic mass is 10.1. The highest BCUT2D eigenvalue weighted by Gasteiger charge is 2.15. The number of ether oxygens (including phenoxy) is 2. The van der Waals surface area contributed by atoms with Gasteiger partial charge in [-0.15, -0.1) is 0 Å². The number of halogens is 1. The van der Waals surface area contributed by atoms with Crippen LogP contribution in [-0.4, -0.2) is 50.0 Å². The minimum atomic E-state index is -0.545. The van der Waals surface area contributed by atoms with E-state index >= 15 is 0 Å². The lowest BCUT2D eigenvalue weighted by Crippen LogP contribution is -2.06. The third-order valence-electron chi connectivity index (χ3n) is 4.58. The molecule has 0 amide bonds. The van der Waals surface area contributed by atoms with Crippen molar-refractivity contribution in [2.45, 2.75) is 19.9 Å². The minimum Gasteiger partial charge on any atom is -0.475 e. The summed E-state index contributed by atoms with van der Waals surface area (Å²) in [7, 11) is 1.60. The standard InChI is InChI=1S/C20H22FN7O2/c1-3-28-11-15(10-25-28)26-16-5-4-13(18(21)27-16)8-14-9-22-19-17(14)20(24-12-23-19)30-7-6-29-2/h4-5,9-12H,3,6-8H2,1-2H3,(H,26,27)(H,22,23,24). The molecule has 0 aromatic carbocycles. The molecule has 0 spiro atoms. The van der Waals surface area contributed by atoms with Crippen LogP contribution in [0.3, 0.4) is 0 Å². The van der Waals surface area contributed by atoms with Gasteiger partial charge >= 0.3 is 0 Å². The van der Waals surface area contributed by atoms with Gasteiger partial charge in [-0.3, -0.25) is 4.68 Å². The number of aryl methyl sites for hydroxylation is 1. The highest BCUT2D eigenvalue weighted by Crippen LogP contribution is 2.28. The molecule has 0 aliphatic rings. The van der Waals surface area contributed by atoms with Crippen LogP contribution in [0.5, 0.6) is 5.88 Å². The summed E-state index contributed by atoms with van der Waals surface area (Å²) in [4.78, 5) is 15.6. The molecule has 0 unspecified atom stereocenters. The predicted molar refractivity (Wildman–Crippen MR) is 109 cm³/mol. The van der Waals surface area contributed by atoms with Gasteiger partial charge in [-0.1, -0.05) is 6.07 Å². The van der Waals surface area contributed by atoms with E-state index in [4.69, 9.17) is 9.47 Å². The second-order valence-electron chi connectivity index (χ2n) is 6.59. The minimum absolute atomic E-state index is 0.320. The number of nitrogens with zero attached hydrogens (tertiary/aromatic N) is 5. The number of anilines is 2. The van der Waals surface area contributed by atoms with Gasteiger partial charge in [0, 0.05) is 38.0 Å². The van der Waals surface area contributed by atoms with Gasteiger partial charge in [0.25, 0.3) is 0 Å². The zero-order valence-electron chi connectivity index (χ0n) is 16.7. The molecule has 0 bridgehead atoms. The summed E-state index contributed by atoms with van der Waals surface area (Å²) >= 11 is 0. The number of hydrogen-bond acceptors (Lipinski definition) is 7. The second kappa shape index (κ2) is 8.87. The van der Waals surface area contributed by atoms with Gasteiger partial charge in [-0.2, -0.15) is 9.49 Å². The fraction of sp³-hybridized carbons (Fsp3) is 0.300. The van der Waals surface area contributed by atoms with Crippen LogP contribution in [0.15, 0.2) is 37.1 Å². The van der Waals surface area contributed by atoms with Crippen molar-refractivity contribution in [3.8, 4) is 5.88 Å². The highest BCUT2D eigenvalue weighted by atomic mass is 19.1. The lowest BCUT2D eigenvalue weighted by molar-refractivity contribution is 0.144. The van der Waals surface area contributed by atoms with E-state index in [1.165, 1.54) is 6.33 Å². The van der Waals surface area contributed by atoms with Crippen molar-refractivity contribution >= 4 is 22.5 Å².